The molecule has 1 heterocycles. The summed E-state index contributed by atoms with van der Waals surface area (Å²) in [6.45, 7) is 1.90. The predicted molar refractivity (Wildman–Crippen MR) is 81.8 cm³/mol. The number of aromatic nitrogens is 1. The third kappa shape index (κ3) is 3.71. The van der Waals surface area contributed by atoms with Crippen LogP contribution in [0.2, 0.25) is 0 Å². The largest absolute Gasteiger partial charge is 0.394 e. The van der Waals surface area contributed by atoms with Crippen molar-refractivity contribution in [1.29, 1.82) is 0 Å². The minimum absolute atomic E-state index is 0.0283. The van der Waals surface area contributed by atoms with Gasteiger partial charge in [0.1, 0.15) is 5.03 Å². The van der Waals surface area contributed by atoms with Crippen molar-refractivity contribution >= 4 is 28.4 Å². The summed E-state index contributed by atoms with van der Waals surface area (Å²) < 4.78 is 0. The molecule has 0 fully saturated rings. The minimum atomic E-state index is -0.163. The van der Waals surface area contributed by atoms with Gasteiger partial charge in [-0.2, -0.15) is 0 Å². The zero-order valence-corrected chi connectivity index (χ0v) is 12.2. The van der Waals surface area contributed by atoms with Crippen molar-refractivity contribution in [3.8, 4) is 0 Å². The molecule has 4 nitrogen and oxygen atoms in total. The minimum Gasteiger partial charge on any atom is -0.394 e. The van der Waals surface area contributed by atoms with Crippen LogP contribution in [-0.4, -0.2) is 34.4 Å². The molecule has 2 aromatic rings. The maximum absolute atomic E-state index is 11.8. The fourth-order valence-electron chi connectivity index (χ4n) is 1.89. The number of pyridine rings is 1. The van der Waals surface area contributed by atoms with E-state index in [1.165, 1.54) is 11.8 Å². The molecule has 0 saturated carbocycles. The van der Waals surface area contributed by atoms with Crippen LogP contribution in [0.1, 0.15) is 13.3 Å². The van der Waals surface area contributed by atoms with Crippen molar-refractivity contribution < 1.29 is 9.90 Å². The van der Waals surface area contributed by atoms with E-state index < -0.39 is 0 Å². The summed E-state index contributed by atoms with van der Waals surface area (Å²) in [6.07, 6.45) is 2.48. The first kappa shape index (κ1) is 14.8. The number of benzene rings is 1. The van der Waals surface area contributed by atoms with E-state index in [2.05, 4.69) is 10.3 Å². The van der Waals surface area contributed by atoms with E-state index in [1.807, 2.05) is 37.3 Å². The highest BCUT2D eigenvalue weighted by atomic mass is 32.2. The van der Waals surface area contributed by atoms with E-state index in [-0.39, 0.29) is 18.6 Å². The van der Waals surface area contributed by atoms with Gasteiger partial charge in [-0.25, -0.2) is 4.98 Å². The first-order valence-corrected chi connectivity index (χ1v) is 7.60. The Labute approximate surface area is 122 Å². The Hall–Kier alpha value is -1.59. The fourth-order valence-corrected chi connectivity index (χ4v) is 2.71. The molecule has 1 unspecified atom stereocenters. The summed E-state index contributed by atoms with van der Waals surface area (Å²) in [7, 11) is 0. The summed E-state index contributed by atoms with van der Waals surface area (Å²) >= 11 is 1.42. The van der Waals surface area contributed by atoms with E-state index >= 15 is 0 Å². The number of nitrogens with zero attached hydrogens (tertiary/aromatic N) is 1. The highest BCUT2D eigenvalue weighted by Gasteiger charge is 2.10. The van der Waals surface area contributed by atoms with Gasteiger partial charge >= 0.3 is 0 Å². The first-order valence-electron chi connectivity index (χ1n) is 6.61. The molecule has 0 spiro atoms. The lowest BCUT2D eigenvalue weighted by atomic mass is 10.2. The Morgan fingerprint density at radius 1 is 1.40 bits per heavy atom. The number of thioether (sulfide) groups is 1. The second-order valence-corrected chi connectivity index (χ2v) is 5.45. The van der Waals surface area contributed by atoms with Crippen LogP contribution in [0.4, 0.5) is 0 Å². The average molecular weight is 290 g/mol. The molecule has 0 saturated heterocycles. The Kier molecular flexibility index (Phi) is 5.38. The van der Waals surface area contributed by atoms with E-state index in [1.54, 1.807) is 6.20 Å². The molecule has 106 valence electrons. The molecule has 1 aromatic carbocycles. The van der Waals surface area contributed by atoms with E-state index in [9.17, 15) is 4.79 Å². The van der Waals surface area contributed by atoms with Gasteiger partial charge in [-0.3, -0.25) is 4.79 Å². The van der Waals surface area contributed by atoms with Gasteiger partial charge in [0.15, 0.2) is 0 Å². The van der Waals surface area contributed by atoms with Gasteiger partial charge in [-0.15, -0.1) is 0 Å². The van der Waals surface area contributed by atoms with Gasteiger partial charge in [0.2, 0.25) is 5.91 Å². The van der Waals surface area contributed by atoms with E-state index in [4.69, 9.17) is 5.11 Å². The highest BCUT2D eigenvalue weighted by molar-refractivity contribution is 8.00. The van der Waals surface area contributed by atoms with Gasteiger partial charge in [0.25, 0.3) is 0 Å². The summed E-state index contributed by atoms with van der Waals surface area (Å²) in [4.78, 5) is 16.1. The number of hydrogen-bond acceptors (Lipinski definition) is 4. The topological polar surface area (TPSA) is 62.2 Å². The van der Waals surface area contributed by atoms with Crippen molar-refractivity contribution in [2.75, 3.05) is 12.4 Å². The standard InChI is InChI=1S/C15H18N2O2S/c1-2-12(9-18)17-14(19)10-20-15-13-6-4-3-5-11(13)7-8-16-15/h3-8,12,18H,2,9-10H2,1H3,(H,17,19). The Bertz CT molecular complexity index is 580. The Morgan fingerprint density at radius 3 is 2.95 bits per heavy atom. The molecule has 2 rings (SSSR count). The molecule has 0 aliphatic carbocycles. The van der Waals surface area contributed by atoms with Crippen LogP contribution in [0.5, 0.6) is 0 Å². The number of amides is 1. The number of carbonyl (C=O) groups is 1. The molecule has 2 N–H and O–H groups in total. The average Bonchev–Trinajstić information content (AvgIpc) is 2.50. The first-order chi connectivity index (χ1) is 9.74. The van der Waals surface area contributed by atoms with E-state index in [0.29, 0.717) is 5.75 Å². The van der Waals surface area contributed by atoms with Crippen LogP contribution in [0.15, 0.2) is 41.6 Å². The van der Waals surface area contributed by atoms with Crippen LogP contribution in [0, 0.1) is 0 Å². The molecular formula is C15H18N2O2S. The van der Waals surface area contributed by atoms with Gasteiger partial charge in [0.05, 0.1) is 18.4 Å². The van der Waals surface area contributed by atoms with Gasteiger partial charge in [-0.05, 0) is 17.9 Å². The Morgan fingerprint density at radius 2 is 2.20 bits per heavy atom. The number of aliphatic hydroxyl groups is 1. The van der Waals surface area contributed by atoms with Gasteiger partial charge < -0.3 is 10.4 Å². The summed E-state index contributed by atoms with van der Waals surface area (Å²) in [6, 6.07) is 9.77. The van der Waals surface area contributed by atoms with Gasteiger partial charge in [0, 0.05) is 11.6 Å². The SMILES string of the molecule is CCC(CO)NC(=O)CSc1nccc2ccccc12. The van der Waals surface area contributed by atoms with Crippen molar-refractivity contribution in [2.24, 2.45) is 0 Å². The maximum Gasteiger partial charge on any atom is 0.230 e. The van der Waals surface area contributed by atoms with Crippen molar-refractivity contribution in [3.63, 3.8) is 0 Å². The zero-order valence-electron chi connectivity index (χ0n) is 11.4. The van der Waals surface area contributed by atoms with Gasteiger partial charge in [-0.1, -0.05) is 43.0 Å². The maximum atomic E-state index is 11.8. The summed E-state index contributed by atoms with van der Waals surface area (Å²) in [5, 5.41) is 14.9. The third-order valence-corrected chi connectivity index (χ3v) is 4.06. The molecule has 20 heavy (non-hydrogen) atoms. The lowest BCUT2D eigenvalue weighted by Gasteiger charge is -2.13. The monoisotopic (exact) mass is 290 g/mol. The van der Waals surface area contributed by atoms with Crippen LogP contribution < -0.4 is 5.32 Å². The van der Waals surface area contributed by atoms with Crippen LogP contribution in [0.3, 0.4) is 0 Å². The Balaban J connectivity index is 2.01. The highest BCUT2D eigenvalue weighted by Crippen LogP contribution is 2.25. The third-order valence-electron chi connectivity index (χ3n) is 3.06. The zero-order chi connectivity index (χ0) is 14.4. The van der Waals surface area contributed by atoms with Crippen LogP contribution in [-0.2, 0) is 4.79 Å². The molecule has 1 atom stereocenters. The molecule has 5 heteroatoms. The number of carbonyl (C=O) groups excluding carboxylic acids is 1. The number of fused-ring (bicyclic) bond motifs is 1. The van der Waals surface area contributed by atoms with Crippen LogP contribution in [0.25, 0.3) is 10.8 Å². The lowest BCUT2D eigenvalue weighted by Crippen LogP contribution is -2.37. The molecule has 1 aromatic heterocycles. The molecule has 0 aliphatic rings. The predicted octanol–water partition coefficient (Wildman–Crippen LogP) is 2.21. The second-order valence-electron chi connectivity index (χ2n) is 4.48. The quantitative estimate of drug-likeness (QED) is 0.801. The van der Waals surface area contributed by atoms with E-state index in [0.717, 1.165) is 22.2 Å². The fraction of sp³-hybridized carbons (Fsp3) is 0.333. The second kappa shape index (κ2) is 7.26. The number of rotatable bonds is 6. The smallest absolute Gasteiger partial charge is 0.230 e. The van der Waals surface area contributed by atoms with Crippen molar-refractivity contribution in [2.45, 2.75) is 24.4 Å². The molecule has 0 radical (unpaired) electrons. The van der Waals surface area contributed by atoms with Crippen molar-refractivity contribution in [1.82, 2.24) is 10.3 Å². The molecule has 0 aliphatic heterocycles. The van der Waals surface area contributed by atoms with Crippen molar-refractivity contribution in [3.05, 3.63) is 36.5 Å². The molecule has 1 amide bonds. The lowest BCUT2D eigenvalue weighted by molar-refractivity contribution is -0.119. The summed E-state index contributed by atoms with van der Waals surface area (Å²) in [5.41, 5.74) is 0. The molecular weight excluding hydrogens is 272 g/mol. The summed E-state index contributed by atoms with van der Waals surface area (Å²) in [5.74, 6) is 0.225. The number of nitrogens with one attached hydrogen (secondary N) is 1. The van der Waals surface area contributed by atoms with Crippen LogP contribution >= 0.6 is 11.8 Å². The number of hydrogen-bond donors (Lipinski definition) is 2. The molecule has 0 bridgehead atoms. The number of aliphatic hydroxyl groups excluding tert-OH is 1. The normalized spacial score (nSPS) is 12.3.